The molecule has 0 amide bonds. The Labute approximate surface area is 90.9 Å². The minimum Gasteiger partial charge on any atom is -0.496 e. The standard InChI is InChI=1S/C13H18O2/c1-9-6-11(8-13(14)4-5-13)7-12(15-3)10(9)2/h6-7,14H,4-5,8H2,1-3H3. The van der Waals surface area contributed by atoms with Gasteiger partial charge in [0.15, 0.2) is 0 Å². The van der Waals surface area contributed by atoms with Crippen molar-refractivity contribution in [2.45, 2.75) is 38.7 Å². The van der Waals surface area contributed by atoms with Crippen LogP contribution in [-0.4, -0.2) is 17.8 Å². The minimum absolute atomic E-state index is 0.424. The number of aryl methyl sites for hydroxylation is 1. The number of benzene rings is 1. The lowest BCUT2D eigenvalue weighted by atomic mass is 10.00. The first-order valence-corrected chi connectivity index (χ1v) is 5.40. The van der Waals surface area contributed by atoms with Crippen molar-refractivity contribution in [2.75, 3.05) is 7.11 Å². The molecule has 1 aliphatic rings. The fourth-order valence-corrected chi connectivity index (χ4v) is 1.91. The Hall–Kier alpha value is -1.02. The molecule has 2 rings (SSSR count). The average molecular weight is 206 g/mol. The first-order chi connectivity index (χ1) is 7.04. The summed E-state index contributed by atoms with van der Waals surface area (Å²) >= 11 is 0. The predicted molar refractivity (Wildman–Crippen MR) is 60.4 cm³/mol. The minimum atomic E-state index is -0.424. The van der Waals surface area contributed by atoms with Crippen molar-refractivity contribution in [1.29, 1.82) is 0 Å². The number of ether oxygens (including phenoxy) is 1. The third-order valence-corrected chi connectivity index (χ3v) is 3.26. The van der Waals surface area contributed by atoms with Crippen molar-refractivity contribution in [3.05, 3.63) is 28.8 Å². The number of methoxy groups -OCH3 is 1. The van der Waals surface area contributed by atoms with Gasteiger partial charge in [0.2, 0.25) is 0 Å². The van der Waals surface area contributed by atoms with E-state index in [1.54, 1.807) is 7.11 Å². The maximum Gasteiger partial charge on any atom is 0.122 e. The molecular formula is C13H18O2. The second kappa shape index (κ2) is 3.53. The summed E-state index contributed by atoms with van der Waals surface area (Å²) in [5.41, 5.74) is 3.17. The molecule has 0 heterocycles. The van der Waals surface area contributed by atoms with Gasteiger partial charge in [-0.2, -0.15) is 0 Å². The van der Waals surface area contributed by atoms with Crippen molar-refractivity contribution in [1.82, 2.24) is 0 Å². The van der Waals surface area contributed by atoms with E-state index in [-0.39, 0.29) is 0 Å². The average Bonchev–Trinajstić information content (AvgIpc) is 2.89. The highest BCUT2D eigenvalue weighted by Crippen LogP contribution is 2.39. The molecule has 0 bridgehead atoms. The SMILES string of the molecule is COc1cc(CC2(O)CC2)cc(C)c1C. The zero-order valence-corrected chi connectivity index (χ0v) is 9.63. The highest BCUT2D eigenvalue weighted by Gasteiger charge is 2.40. The first-order valence-electron chi connectivity index (χ1n) is 5.40. The summed E-state index contributed by atoms with van der Waals surface area (Å²) in [6.07, 6.45) is 2.62. The molecule has 0 aliphatic heterocycles. The van der Waals surface area contributed by atoms with Crippen LogP contribution in [0.1, 0.15) is 29.5 Å². The molecule has 1 saturated carbocycles. The van der Waals surface area contributed by atoms with Crippen molar-refractivity contribution >= 4 is 0 Å². The lowest BCUT2D eigenvalue weighted by molar-refractivity contribution is 0.151. The molecule has 0 unspecified atom stereocenters. The summed E-state index contributed by atoms with van der Waals surface area (Å²) in [5.74, 6) is 0.925. The first kappa shape index (κ1) is 10.5. The third-order valence-electron chi connectivity index (χ3n) is 3.26. The van der Waals surface area contributed by atoms with Crippen LogP contribution in [0.25, 0.3) is 0 Å². The van der Waals surface area contributed by atoms with Gasteiger partial charge < -0.3 is 9.84 Å². The second-order valence-corrected chi connectivity index (χ2v) is 4.64. The fraction of sp³-hybridized carbons (Fsp3) is 0.538. The van der Waals surface area contributed by atoms with Crippen LogP contribution >= 0.6 is 0 Å². The molecule has 1 aromatic rings. The fourth-order valence-electron chi connectivity index (χ4n) is 1.91. The molecule has 1 N–H and O–H groups in total. The molecule has 1 aromatic carbocycles. The van der Waals surface area contributed by atoms with Crippen LogP contribution in [0.5, 0.6) is 5.75 Å². The lowest BCUT2D eigenvalue weighted by Crippen LogP contribution is -2.11. The van der Waals surface area contributed by atoms with Gasteiger partial charge in [-0.05, 0) is 49.4 Å². The number of hydrogen-bond donors (Lipinski definition) is 1. The molecule has 0 aromatic heterocycles. The van der Waals surface area contributed by atoms with Crippen LogP contribution in [0.15, 0.2) is 12.1 Å². The molecule has 1 aliphatic carbocycles. The zero-order valence-electron chi connectivity index (χ0n) is 9.63. The molecule has 1 fully saturated rings. The summed E-state index contributed by atoms with van der Waals surface area (Å²) in [4.78, 5) is 0. The molecule has 0 spiro atoms. The molecule has 0 atom stereocenters. The highest BCUT2D eigenvalue weighted by molar-refractivity contribution is 5.43. The quantitative estimate of drug-likeness (QED) is 0.822. The maximum absolute atomic E-state index is 9.87. The van der Waals surface area contributed by atoms with E-state index in [1.165, 1.54) is 16.7 Å². The molecule has 0 saturated heterocycles. The lowest BCUT2D eigenvalue weighted by Gasteiger charge is -2.13. The van der Waals surface area contributed by atoms with E-state index < -0.39 is 5.60 Å². The van der Waals surface area contributed by atoms with Gasteiger partial charge in [-0.15, -0.1) is 0 Å². The highest BCUT2D eigenvalue weighted by atomic mass is 16.5. The van der Waals surface area contributed by atoms with E-state index in [1.807, 2.05) is 6.07 Å². The molecular weight excluding hydrogens is 188 g/mol. The summed E-state index contributed by atoms with van der Waals surface area (Å²) in [6.45, 7) is 4.14. The second-order valence-electron chi connectivity index (χ2n) is 4.64. The normalized spacial score (nSPS) is 17.6. The van der Waals surface area contributed by atoms with Crippen LogP contribution in [0.2, 0.25) is 0 Å². The maximum atomic E-state index is 9.87. The Morgan fingerprint density at radius 3 is 2.53 bits per heavy atom. The summed E-state index contributed by atoms with van der Waals surface area (Å²) in [6, 6.07) is 4.19. The number of hydrogen-bond acceptors (Lipinski definition) is 2. The van der Waals surface area contributed by atoms with Gasteiger partial charge in [-0.1, -0.05) is 6.07 Å². The van der Waals surface area contributed by atoms with Crippen molar-refractivity contribution < 1.29 is 9.84 Å². The van der Waals surface area contributed by atoms with Gasteiger partial charge in [-0.25, -0.2) is 0 Å². The van der Waals surface area contributed by atoms with Gasteiger partial charge in [-0.3, -0.25) is 0 Å². The number of aliphatic hydroxyl groups is 1. The summed E-state index contributed by atoms with van der Waals surface area (Å²) in [7, 11) is 1.69. The zero-order chi connectivity index (χ0) is 11.1. The third kappa shape index (κ3) is 2.15. The predicted octanol–water partition coefficient (Wildman–Crippen LogP) is 2.38. The number of rotatable bonds is 3. The van der Waals surface area contributed by atoms with Gasteiger partial charge >= 0.3 is 0 Å². The molecule has 2 heteroatoms. The van der Waals surface area contributed by atoms with Crippen molar-refractivity contribution in [2.24, 2.45) is 0 Å². The van der Waals surface area contributed by atoms with E-state index in [4.69, 9.17) is 4.74 Å². The van der Waals surface area contributed by atoms with E-state index >= 15 is 0 Å². The largest absolute Gasteiger partial charge is 0.496 e. The van der Waals surface area contributed by atoms with E-state index in [2.05, 4.69) is 19.9 Å². The van der Waals surface area contributed by atoms with E-state index in [0.29, 0.717) is 0 Å². The van der Waals surface area contributed by atoms with E-state index in [0.717, 1.165) is 25.0 Å². The van der Waals surface area contributed by atoms with Gasteiger partial charge in [0.25, 0.3) is 0 Å². The van der Waals surface area contributed by atoms with Gasteiger partial charge in [0, 0.05) is 6.42 Å². The van der Waals surface area contributed by atoms with Crippen molar-refractivity contribution in [3.8, 4) is 5.75 Å². The van der Waals surface area contributed by atoms with Crippen molar-refractivity contribution in [3.63, 3.8) is 0 Å². The summed E-state index contributed by atoms with van der Waals surface area (Å²) < 4.78 is 5.32. The van der Waals surface area contributed by atoms with Gasteiger partial charge in [0.1, 0.15) is 5.75 Å². The Bertz CT molecular complexity index is 378. The Morgan fingerprint density at radius 1 is 1.33 bits per heavy atom. The Balaban J connectivity index is 2.28. The van der Waals surface area contributed by atoms with Crippen LogP contribution in [-0.2, 0) is 6.42 Å². The van der Waals surface area contributed by atoms with Crippen LogP contribution in [0.3, 0.4) is 0 Å². The molecule has 2 nitrogen and oxygen atoms in total. The Morgan fingerprint density at radius 2 is 2.00 bits per heavy atom. The van der Waals surface area contributed by atoms with Gasteiger partial charge in [0.05, 0.1) is 12.7 Å². The summed E-state index contributed by atoms with van der Waals surface area (Å²) in [5, 5.41) is 9.87. The monoisotopic (exact) mass is 206 g/mol. The smallest absolute Gasteiger partial charge is 0.122 e. The topological polar surface area (TPSA) is 29.5 Å². The Kier molecular flexibility index (Phi) is 2.47. The van der Waals surface area contributed by atoms with Crippen LogP contribution in [0.4, 0.5) is 0 Å². The van der Waals surface area contributed by atoms with Crippen LogP contribution < -0.4 is 4.74 Å². The molecule has 0 radical (unpaired) electrons. The molecule has 82 valence electrons. The van der Waals surface area contributed by atoms with E-state index in [9.17, 15) is 5.11 Å². The molecule has 15 heavy (non-hydrogen) atoms. The van der Waals surface area contributed by atoms with Crippen LogP contribution in [0, 0.1) is 13.8 Å².